The molecule has 0 aliphatic carbocycles. The average molecular weight is 442 g/mol. The molecular weight excluding hydrogens is 414 g/mol. The van der Waals surface area contributed by atoms with Crippen LogP contribution in [0.2, 0.25) is 0 Å². The number of methoxy groups -OCH3 is 1. The summed E-state index contributed by atoms with van der Waals surface area (Å²) in [6.45, 7) is 2.01. The first-order valence-electron chi connectivity index (χ1n) is 11.3. The molecule has 1 aromatic heterocycles. The molecule has 5 rings (SSSR count). The highest BCUT2D eigenvalue weighted by Crippen LogP contribution is 2.34. The van der Waals surface area contributed by atoms with Crippen molar-refractivity contribution in [3.05, 3.63) is 84.7 Å². The zero-order chi connectivity index (χ0) is 22.6. The molecule has 0 saturated carbocycles. The van der Waals surface area contributed by atoms with Crippen molar-refractivity contribution < 1.29 is 14.3 Å². The van der Waals surface area contributed by atoms with Gasteiger partial charge in [0.25, 0.3) is 0 Å². The Kier molecular flexibility index (Phi) is 5.98. The third kappa shape index (κ3) is 4.42. The molecule has 1 saturated heterocycles. The molecule has 6 heteroatoms. The molecule has 0 radical (unpaired) electrons. The van der Waals surface area contributed by atoms with Gasteiger partial charge in [0.1, 0.15) is 17.3 Å². The van der Waals surface area contributed by atoms with E-state index < -0.39 is 0 Å². The van der Waals surface area contributed by atoms with E-state index in [0.717, 1.165) is 47.0 Å². The van der Waals surface area contributed by atoms with Crippen molar-refractivity contribution in [3.63, 3.8) is 0 Å². The third-order valence-corrected chi connectivity index (χ3v) is 6.08. The number of hydrogen-bond acceptors (Lipinski definition) is 4. The fraction of sp³-hybridized carbons (Fsp3) is 0.259. The zero-order valence-electron chi connectivity index (χ0n) is 18.7. The minimum atomic E-state index is 0.0335. The summed E-state index contributed by atoms with van der Waals surface area (Å²) in [7, 11) is 1.64. The van der Waals surface area contributed by atoms with E-state index in [1.807, 2.05) is 77.7 Å². The fourth-order valence-electron chi connectivity index (χ4n) is 4.48. The molecule has 0 spiro atoms. The lowest BCUT2D eigenvalue weighted by molar-refractivity contribution is -0.117. The van der Waals surface area contributed by atoms with Gasteiger partial charge in [-0.05, 0) is 42.8 Å². The lowest BCUT2D eigenvalue weighted by Gasteiger charge is -2.18. The number of nitrogens with zero attached hydrogens (tertiary/aromatic N) is 3. The molecule has 0 unspecified atom stereocenters. The van der Waals surface area contributed by atoms with Gasteiger partial charge >= 0.3 is 0 Å². The third-order valence-electron chi connectivity index (χ3n) is 6.08. The van der Waals surface area contributed by atoms with Gasteiger partial charge in [0.2, 0.25) is 5.91 Å². The van der Waals surface area contributed by atoms with Crippen LogP contribution in [-0.4, -0.2) is 35.7 Å². The van der Waals surface area contributed by atoms with E-state index in [1.165, 1.54) is 0 Å². The Hall–Kier alpha value is -3.80. The summed E-state index contributed by atoms with van der Waals surface area (Å²) in [5.74, 6) is 2.73. The number of aryl methyl sites for hydroxylation is 1. The Morgan fingerprint density at radius 3 is 2.61 bits per heavy atom. The zero-order valence-corrected chi connectivity index (χ0v) is 18.7. The maximum Gasteiger partial charge on any atom is 0.227 e. The monoisotopic (exact) mass is 441 g/mol. The van der Waals surface area contributed by atoms with Crippen LogP contribution in [0.25, 0.3) is 11.0 Å². The number of amides is 1. The largest absolute Gasteiger partial charge is 0.497 e. The molecule has 4 aromatic rings. The highest BCUT2D eigenvalue weighted by molar-refractivity contribution is 5.96. The van der Waals surface area contributed by atoms with E-state index >= 15 is 0 Å². The van der Waals surface area contributed by atoms with E-state index in [9.17, 15) is 4.79 Å². The van der Waals surface area contributed by atoms with Gasteiger partial charge in [0.05, 0.1) is 24.8 Å². The molecule has 2 heterocycles. The van der Waals surface area contributed by atoms with Gasteiger partial charge < -0.3 is 18.9 Å². The van der Waals surface area contributed by atoms with Crippen LogP contribution in [-0.2, 0) is 11.3 Å². The van der Waals surface area contributed by atoms with E-state index in [0.29, 0.717) is 19.6 Å². The number of carbonyl (C=O) groups is 1. The number of ether oxygens (including phenoxy) is 2. The molecule has 1 fully saturated rings. The quantitative estimate of drug-likeness (QED) is 0.360. The summed E-state index contributed by atoms with van der Waals surface area (Å²) in [5, 5.41) is 0. The predicted molar refractivity (Wildman–Crippen MR) is 129 cm³/mol. The molecule has 0 bridgehead atoms. The summed E-state index contributed by atoms with van der Waals surface area (Å²) in [4.78, 5) is 19.7. The van der Waals surface area contributed by atoms with Crippen molar-refractivity contribution in [2.24, 2.45) is 0 Å². The van der Waals surface area contributed by atoms with Gasteiger partial charge in [-0.15, -0.1) is 0 Å². The summed E-state index contributed by atoms with van der Waals surface area (Å²) in [6.07, 6.45) is 1.30. The molecule has 6 nitrogen and oxygen atoms in total. The predicted octanol–water partition coefficient (Wildman–Crippen LogP) is 5.03. The molecule has 1 aliphatic rings. The minimum Gasteiger partial charge on any atom is -0.497 e. The number of aromatic nitrogens is 2. The Morgan fingerprint density at radius 1 is 0.970 bits per heavy atom. The van der Waals surface area contributed by atoms with E-state index in [2.05, 4.69) is 10.6 Å². The highest BCUT2D eigenvalue weighted by atomic mass is 16.5. The highest BCUT2D eigenvalue weighted by Gasteiger charge is 2.35. The Bertz CT molecular complexity index is 1250. The van der Waals surface area contributed by atoms with Crippen molar-refractivity contribution in [3.8, 4) is 11.5 Å². The fourth-order valence-corrected chi connectivity index (χ4v) is 4.48. The summed E-state index contributed by atoms with van der Waals surface area (Å²) in [6, 6.07) is 25.7. The smallest absolute Gasteiger partial charge is 0.227 e. The van der Waals surface area contributed by atoms with Gasteiger partial charge in [0, 0.05) is 37.2 Å². The Morgan fingerprint density at radius 2 is 1.76 bits per heavy atom. The van der Waals surface area contributed by atoms with Crippen molar-refractivity contribution in [2.45, 2.75) is 25.3 Å². The SMILES string of the molecule is COc1cccc(N2C[C@H](c3nc4ccccc4n3CCCOc3ccccc3)CC2=O)c1. The number of hydrogen-bond donors (Lipinski definition) is 0. The second-order valence-corrected chi connectivity index (χ2v) is 8.23. The normalized spacial score (nSPS) is 15.8. The number of carbonyl (C=O) groups excluding carboxylic acids is 1. The first kappa shape index (κ1) is 21.1. The van der Waals surface area contributed by atoms with Crippen molar-refractivity contribution in [1.29, 1.82) is 0 Å². The van der Waals surface area contributed by atoms with Gasteiger partial charge in [-0.1, -0.05) is 36.4 Å². The molecule has 33 heavy (non-hydrogen) atoms. The lowest BCUT2D eigenvalue weighted by Crippen LogP contribution is -2.24. The molecule has 3 aromatic carbocycles. The number of benzene rings is 3. The number of fused-ring (bicyclic) bond motifs is 1. The summed E-state index contributed by atoms with van der Waals surface area (Å²) < 4.78 is 13.5. The minimum absolute atomic E-state index is 0.0335. The second kappa shape index (κ2) is 9.36. The van der Waals surface area contributed by atoms with Crippen LogP contribution >= 0.6 is 0 Å². The average Bonchev–Trinajstić information content (AvgIpc) is 3.43. The van der Waals surface area contributed by atoms with E-state index in [4.69, 9.17) is 14.5 Å². The maximum absolute atomic E-state index is 12.9. The Labute approximate surface area is 193 Å². The van der Waals surface area contributed by atoms with Gasteiger partial charge in [-0.2, -0.15) is 0 Å². The molecule has 168 valence electrons. The maximum atomic E-state index is 12.9. The summed E-state index contributed by atoms with van der Waals surface area (Å²) >= 11 is 0. The first-order valence-corrected chi connectivity index (χ1v) is 11.3. The van der Waals surface area contributed by atoms with Crippen molar-refractivity contribution in [1.82, 2.24) is 9.55 Å². The topological polar surface area (TPSA) is 56.6 Å². The lowest BCUT2D eigenvalue weighted by atomic mass is 10.1. The number of para-hydroxylation sites is 3. The number of imidazole rings is 1. The van der Waals surface area contributed by atoms with Gasteiger partial charge in [-0.3, -0.25) is 4.79 Å². The molecule has 1 aliphatic heterocycles. The second-order valence-electron chi connectivity index (χ2n) is 8.23. The molecule has 0 N–H and O–H groups in total. The number of rotatable bonds is 8. The van der Waals surface area contributed by atoms with E-state index in [-0.39, 0.29) is 11.8 Å². The molecule has 1 atom stereocenters. The van der Waals surface area contributed by atoms with Crippen LogP contribution in [0.5, 0.6) is 11.5 Å². The molecule has 1 amide bonds. The van der Waals surface area contributed by atoms with Crippen LogP contribution in [0.15, 0.2) is 78.9 Å². The van der Waals surface area contributed by atoms with Crippen molar-refractivity contribution >= 4 is 22.6 Å². The van der Waals surface area contributed by atoms with Crippen molar-refractivity contribution in [2.75, 3.05) is 25.2 Å². The van der Waals surface area contributed by atoms with Crippen LogP contribution < -0.4 is 14.4 Å². The summed E-state index contributed by atoms with van der Waals surface area (Å²) in [5.41, 5.74) is 2.92. The van der Waals surface area contributed by atoms with Crippen LogP contribution in [0.3, 0.4) is 0 Å². The molecular formula is C27H27N3O3. The standard InChI is InChI=1S/C27H27N3O3/c1-32-23-12-7-9-21(18-23)30-19-20(17-26(30)31)27-28-24-13-5-6-14-25(24)29(27)15-8-16-33-22-10-3-2-4-11-22/h2-7,9-14,18,20H,8,15-17,19H2,1H3/t20-/m1/s1. The van der Waals surface area contributed by atoms with Gasteiger partial charge in [-0.25, -0.2) is 4.98 Å². The van der Waals surface area contributed by atoms with Crippen LogP contribution in [0.1, 0.15) is 24.6 Å². The van der Waals surface area contributed by atoms with E-state index in [1.54, 1.807) is 7.11 Å². The number of anilines is 1. The van der Waals surface area contributed by atoms with Gasteiger partial charge in [0.15, 0.2) is 0 Å². The van der Waals surface area contributed by atoms with Crippen LogP contribution in [0, 0.1) is 0 Å². The van der Waals surface area contributed by atoms with Crippen LogP contribution in [0.4, 0.5) is 5.69 Å². The first-order chi connectivity index (χ1) is 16.2. The Balaban J connectivity index is 1.36.